The second kappa shape index (κ2) is 8.66. The minimum atomic E-state index is -0.365. The van der Waals surface area contributed by atoms with Crippen molar-refractivity contribution in [2.45, 2.75) is 25.3 Å². The van der Waals surface area contributed by atoms with Gasteiger partial charge in [-0.3, -0.25) is 4.79 Å². The minimum Gasteiger partial charge on any atom is -0.455 e. The van der Waals surface area contributed by atoms with E-state index < -0.39 is 0 Å². The Morgan fingerprint density at radius 2 is 2.08 bits per heavy atom. The smallest absolute Gasteiger partial charge is 0.226 e. The fourth-order valence-electron chi connectivity index (χ4n) is 2.67. The number of amides is 1. The van der Waals surface area contributed by atoms with Gasteiger partial charge in [0, 0.05) is 18.5 Å². The highest BCUT2D eigenvalue weighted by atomic mass is 35.5. The summed E-state index contributed by atoms with van der Waals surface area (Å²) >= 11 is 0. The van der Waals surface area contributed by atoms with Crippen LogP contribution in [0.3, 0.4) is 0 Å². The summed E-state index contributed by atoms with van der Waals surface area (Å²) in [7, 11) is 0. The first-order valence-electron chi connectivity index (χ1n) is 7.76. The molecule has 3 rings (SSSR count). The van der Waals surface area contributed by atoms with Crippen molar-refractivity contribution in [2.75, 3.05) is 11.9 Å². The van der Waals surface area contributed by atoms with Crippen molar-refractivity contribution in [3.63, 3.8) is 0 Å². The van der Waals surface area contributed by atoms with E-state index in [1.165, 1.54) is 12.1 Å². The Bertz CT molecular complexity index is 690. The molecule has 0 aliphatic carbocycles. The van der Waals surface area contributed by atoms with Crippen LogP contribution in [-0.2, 0) is 4.79 Å². The summed E-state index contributed by atoms with van der Waals surface area (Å²) in [5.74, 6) is 0.464. The van der Waals surface area contributed by atoms with Gasteiger partial charge in [0.05, 0.1) is 5.69 Å². The Hall–Kier alpha value is -2.11. The number of hydrogen-bond acceptors (Lipinski definition) is 3. The molecule has 1 aliphatic rings. The van der Waals surface area contributed by atoms with Gasteiger partial charge in [-0.2, -0.15) is 0 Å². The van der Waals surface area contributed by atoms with Crippen molar-refractivity contribution in [3.05, 3.63) is 54.3 Å². The lowest BCUT2D eigenvalue weighted by molar-refractivity contribution is -0.116. The van der Waals surface area contributed by atoms with E-state index in [-0.39, 0.29) is 30.2 Å². The van der Waals surface area contributed by atoms with Crippen molar-refractivity contribution >= 4 is 24.0 Å². The molecule has 1 aliphatic heterocycles. The molecule has 1 amide bonds. The van der Waals surface area contributed by atoms with Gasteiger partial charge in [-0.25, -0.2) is 4.39 Å². The van der Waals surface area contributed by atoms with E-state index in [9.17, 15) is 9.18 Å². The zero-order valence-corrected chi connectivity index (χ0v) is 13.9. The molecule has 1 saturated heterocycles. The topological polar surface area (TPSA) is 50.4 Å². The molecular formula is C18H20ClFN2O2. The van der Waals surface area contributed by atoms with Crippen LogP contribution in [0.25, 0.3) is 0 Å². The molecule has 2 aromatic carbocycles. The Morgan fingerprint density at radius 3 is 2.83 bits per heavy atom. The molecule has 0 radical (unpaired) electrons. The molecule has 1 fully saturated rings. The fourth-order valence-corrected chi connectivity index (χ4v) is 2.67. The highest BCUT2D eigenvalue weighted by Gasteiger charge is 2.18. The van der Waals surface area contributed by atoms with Crippen molar-refractivity contribution in [1.82, 2.24) is 5.32 Å². The molecule has 0 spiro atoms. The lowest BCUT2D eigenvalue weighted by Gasteiger charge is -2.14. The monoisotopic (exact) mass is 350 g/mol. The van der Waals surface area contributed by atoms with Crippen LogP contribution in [0.1, 0.15) is 19.3 Å². The molecule has 1 heterocycles. The Morgan fingerprint density at radius 1 is 1.25 bits per heavy atom. The maximum Gasteiger partial charge on any atom is 0.226 e. The summed E-state index contributed by atoms with van der Waals surface area (Å²) in [5.41, 5.74) is 0.583. The summed E-state index contributed by atoms with van der Waals surface area (Å²) in [5, 5.41) is 6.17. The van der Waals surface area contributed by atoms with E-state index >= 15 is 0 Å². The molecular weight excluding hydrogens is 331 g/mol. The van der Waals surface area contributed by atoms with E-state index in [0.717, 1.165) is 19.4 Å². The standard InChI is InChI=1S/C18H19FN2O2.ClH/c19-13-5-3-7-15(11-13)23-17-9-2-1-8-16(17)21-18(22)12-14-6-4-10-20-14;/h1-3,5,7-9,11,14,20H,4,6,10,12H2,(H,21,22);1H. The summed E-state index contributed by atoms with van der Waals surface area (Å²) in [6, 6.07) is 13.3. The molecule has 1 unspecified atom stereocenters. The first-order chi connectivity index (χ1) is 11.2. The molecule has 2 N–H and O–H groups in total. The quantitative estimate of drug-likeness (QED) is 0.852. The Kier molecular flexibility index (Phi) is 6.58. The van der Waals surface area contributed by atoms with Crippen LogP contribution < -0.4 is 15.4 Å². The lowest BCUT2D eigenvalue weighted by Crippen LogP contribution is -2.27. The van der Waals surface area contributed by atoms with Gasteiger partial charge in [0.1, 0.15) is 11.6 Å². The number of ether oxygens (including phenoxy) is 1. The molecule has 4 nitrogen and oxygen atoms in total. The molecule has 2 aromatic rings. The van der Waals surface area contributed by atoms with Crippen LogP contribution in [0.2, 0.25) is 0 Å². The lowest BCUT2D eigenvalue weighted by atomic mass is 10.1. The van der Waals surface area contributed by atoms with Crippen LogP contribution in [0.5, 0.6) is 11.5 Å². The number of anilines is 1. The van der Waals surface area contributed by atoms with Gasteiger partial charge in [-0.05, 0) is 43.7 Å². The maximum atomic E-state index is 13.3. The van der Waals surface area contributed by atoms with Crippen LogP contribution >= 0.6 is 12.4 Å². The number of carbonyl (C=O) groups is 1. The van der Waals surface area contributed by atoms with Crippen LogP contribution in [0, 0.1) is 5.82 Å². The van der Waals surface area contributed by atoms with Gasteiger partial charge < -0.3 is 15.4 Å². The molecule has 1 atom stereocenters. The maximum absolute atomic E-state index is 13.3. The van der Waals surface area contributed by atoms with Crippen molar-refractivity contribution < 1.29 is 13.9 Å². The van der Waals surface area contributed by atoms with Crippen LogP contribution in [0.15, 0.2) is 48.5 Å². The van der Waals surface area contributed by atoms with Gasteiger partial charge in [0.25, 0.3) is 0 Å². The summed E-state index contributed by atoms with van der Waals surface area (Å²) in [6.07, 6.45) is 2.57. The van der Waals surface area contributed by atoms with Crippen molar-refractivity contribution in [1.29, 1.82) is 0 Å². The average molecular weight is 351 g/mol. The molecule has 6 heteroatoms. The van der Waals surface area contributed by atoms with Gasteiger partial charge in [-0.1, -0.05) is 18.2 Å². The normalized spacial score (nSPS) is 16.3. The second-order valence-electron chi connectivity index (χ2n) is 5.60. The van der Waals surface area contributed by atoms with Crippen LogP contribution in [-0.4, -0.2) is 18.5 Å². The average Bonchev–Trinajstić information content (AvgIpc) is 3.02. The number of nitrogens with one attached hydrogen (secondary N) is 2. The van der Waals surface area contributed by atoms with Crippen molar-refractivity contribution in [3.8, 4) is 11.5 Å². The van der Waals surface area contributed by atoms with E-state index in [1.807, 2.05) is 12.1 Å². The number of para-hydroxylation sites is 2. The highest BCUT2D eigenvalue weighted by molar-refractivity contribution is 5.92. The van der Waals surface area contributed by atoms with Crippen LogP contribution in [0.4, 0.5) is 10.1 Å². The SMILES string of the molecule is Cl.O=C(CC1CCCN1)Nc1ccccc1Oc1cccc(F)c1. The van der Waals surface area contributed by atoms with E-state index in [4.69, 9.17) is 4.74 Å². The van der Waals surface area contributed by atoms with E-state index in [2.05, 4.69) is 10.6 Å². The minimum absolute atomic E-state index is 0. The second-order valence-corrected chi connectivity index (χ2v) is 5.60. The zero-order valence-electron chi connectivity index (χ0n) is 13.1. The predicted molar refractivity (Wildman–Crippen MR) is 94.4 cm³/mol. The highest BCUT2D eigenvalue weighted by Crippen LogP contribution is 2.29. The van der Waals surface area contributed by atoms with E-state index in [0.29, 0.717) is 23.6 Å². The molecule has 0 bridgehead atoms. The first-order valence-corrected chi connectivity index (χ1v) is 7.76. The zero-order chi connectivity index (χ0) is 16.1. The largest absolute Gasteiger partial charge is 0.455 e. The van der Waals surface area contributed by atoms with Gasteiger partial charge in [0.2, 0.25) is 5.91 Å². The first kappa shape index (κ1) is 18.2. The summed E-state index contributed by atoms with van der Waals surface area (Å²) in [6.45, 7) is 0.969. The number of rotatable bonds is 5. The fraction of sp³-hybridized carbons (Fsp3) is 0.278. The molecule has 0 saturated carbocycles. The predicted octanol–water partition coefficient (Wildman–Crippen LogP) is 4.12. The Labute approximate surface area is 146 Å². The Balaban J connectivity index is 0.00000208. The molecule has 0 aromatic heterocycles. The molecule has 24 heavy (non-hydrogen) atoms. The third-order valence-electron chi connectivity index (χ3n) is 3.78. The summed E-state index contributed by atoms with van der Waals surface area (Å²) in [4.78, 5) is 12.2. The number of benzene rings is 2. The van der Waals surface area contributed by atoms with Crippen molar-refractivity contribution in [2.24, 2.45) is 0 Å². The molecule has 128 valence electrons. The van der Waals surface area contributed by atoms with Gasteiger partial charge >= 0.3 is 0 Å². The number of carbonyl (C=O) groups excluding carboxylic acids is 1. The summed E-state index contributed by atoms with van der Waals surface area (Å²) < 4.78 is 18.9. The van der Waals surface area contributed by atoms with Gasteiger partial charge in [0.15, 0.2) is 5.75 Å². The van der Waals surface area contributed by atoms with Gasteiger partial charge in [-0.15, -0.1) is 12.4 Å². The van der Waals surface area contributed by atoms with E-state index in [1.54, 1.807) is 24.3 Å². The number of hydrogen-bond donors (Lipinski definition) is 2. The third-order valence-corrected chi connectivity index (χ3v) is 3.78. The number of halogens is 2. The third kappa shape index (κ3) is 4.94.